The molecular weight excluding hydrogens is 234 g/mol. The highest BCUT2D eigenvalue weighted by molar-refractivity contribution is 5.80. The van der Waals surface area contributed by atoms with Crippen LogP contribution in [0.25, 0.3) is 16.7 Å². The smallest absolute Gasteiger partial charge is 0.114 e. The molecule has 0 aliphatic carbocycles. The van der Waals surface area contributed by atoms with Gasteiger partial charge in [-0.15, -0.1) is 0 Å². The molecule has 2 heterocycles. The largest absolute Gasteiger partial charge is 0.296 e. The predicted octanol–water partition coefficient (Wildman–Crippen LogP) is 3.60. The lowest BCUT2D eigenvalue weighted by molar-refractivity contribution is 0.908. The van der Waals surface area contributed by atoms with Gasteiger partial charge >= 0.3 is 0 Å². The Kier molecular flexibility index (Phi) is 2.82. The molecule has 2 aromatic heterocycles. The predicted molar refractivity (Wildman–Crippen MR) is 77.7 cm³/mol. The quantitative estimate of drug-likeness (QED) is 0.696. The van der Waals surface area contributed by atoms with E-state index < -0.39 is 0 Å². The Balaban J connectivity index is 2.39. The molecule has 0 aliphatic rings. The average Bonchev–Trinajstić information content (AvgIpc) is 2.78. The van der Waals surface area contributed by atoms with Crippen molar-refractivity contribution in [2.75, 3.05) is 0 Å². The number of hydrogen-bond donors (Lipinski definition) is 0. The molecule has 0 fully saturated rings. The normalized spacial score (nSPS) is 11.1. The van der Waals surface area contributed by atoms with Crippen LogP contribution in [0.1, 0.15) is 24.1 Å². The number of para-hydroxylation sites is 1. The SMILES string of the molecule is CCc1nc2c(C)nc(C)cc2n1-c1ccccc1. The molecule has 19 heavy (non-hydrogen) atoms. The van der Waals surface area contributed by atoms with E-state index in [1.165, 1.54) is 0 Å². The highest BCUT2D eigenvalue weighted by Crippen LogP contribution is 2.24. The van der Waals surface area contributed by atoms with E-state index in [1.54, 1.807) is 0 Å². The molecule has 0 aliphatic heterocycles. The lowest BCUT2D eigenvalue weighted by Gasteiger charge is -2.08. The number of fused-ring (bicyclic) bond motifs is 1. The van der Waals surface area contributed by atoms with E-state index in [0.29, 0.717) is 0 Å². The number of aromatic nitrogens is 3. The molecule has 3 aromatic rings. The van der Waals surface area contributed by atoms with Gasteiger partial charge in [0.05, 0.1) is 11.2 Å². The zero-order chi connectivity index (χ0) is 13.4. The molecule has 0 amide bonds. The van der Waals surface area contributed by atoms with E-state index in [0.717, 1.165) is 40.4 Å². The van der Waals surface area contributed by atoms with Crippen LogP contribution < -0.4 is 0 Å². The first kappa shape index (κ1) is 11.9. The number of rotatable bonds is 2. The van der Waals surface area contributed by atoms with Gasteiger partial charge in [0.2, 0.25) is 0 Å². The van der Waals surface area contributed by atoms with Crippen molar-refractivity contribution in [1.82, 2.24) is 14.5 Å². The molecule has 0 N–H and O–H groups in total. The van der Waals surface area contributed by atoms with Gasteiger partial charge < -0.3 is 0 Å². The summed E-state index contributed by atoms with van der Waals surface area (Å²) in [7, 11) is 0. The minimum absolute atomic E-state index is 0.905. The van der Waals surface area contributed by atoms with Crippen molar-refractivity contribution in [2.24, 2.45) is 0 Å². The van der Waals surface area contributed by atoms with E-state index >= 15 is 0 Å². The standard InChI is InChI=1S/C16H17N3/c1-4-15-18-16-12(3)17-11(2)10-14(16)19(15)13-8-6-5-7-9-13/h5-10H,4H2,1-3H3. The van der Waals surface area contributed by atoms with E-state index in [4.69, 9.17) is 4.98 Å². The van der Waals surface area contributed by atoms with E-state index in [-0.39, 0.29) is 0 Å². The van der Waals surface area contributed by atoms with Crippen LogP contribution in [-0.4, -0.2) is 14.5 Å². The maximum Gasteiger partial charge on any atom is 0.114 e. The zero-order valence-electron chi connectivity index (χ0n) is 11.5. The fourth-order valence-electron chi connectivity index (χ4n) is 2.53. The molecule has 0 radical (unpaired) electrons. The fourth-order valence-corrected chi connectivity index (χ4v) is 2.53. The van der Waals surface area contributed by atoms with Crippen molar-refractivity contribution in [1.29, 1.82) is 0 Å². The van der Waals surface area contributed by atoms with Gasteiger partial charge in [0.25, 0.3) is 0 Å². The monoisotopic (exact) mass is 251 g/mol. The minimum atomic E-state index is 0.905. The summed E-state index contributed by atoms with van der Waals surface area (Å²) in [6.45, 7) is 6.19. The van der Waals surface area contributed by atoms with Crippen LogP contribution in [0.15, 0.2) is 36.4 Å². The van der Waals surface area contributed by atoms with Gasteiger partial charge in [-0.25, -0.2) is 4.98 Å². The van der Waals surface area contributed by atoms with Gasteiger partial charge in [-0.2, -0.15) is 0 Å². The molecule has 0 atom stereocenters. The third-order valence-electron chi connectivity index (χ3n) is 3.35. The topological polar surface area (TPSA) is 30.7 Å². The van der Waals surface area contributed by atoms with Crippen LogP contribution in [0, 0.1) is 13.8 Å². The summed E-state index contributed by atoms with van der Waals surface area (Å²) in [5.41, 5.74) is 5.34. The lowest BCUT2D eigenvalue weighted by Crippen LogP contribution is -1.99. The third kappa shape index (κ3) is 1.91. The molecule has 3 nitrogen and oxygen atoms in total. The van der Waals surface area contributed by atoms with Crippen molar-refractivity contribution in [2.45, 2.75) is 27.2 Å². The molecule has 0 spiro atoms. The van der Waals surface area contributed by atoms with E-state index in [9.17, 15) is 0 Å². The lowest BCUT2D eigenvalue weighted by atomic mass is 10.2. The Labute approximate surface area is 112 Å². The molecule has 0 bridgehead atoms. The van der Waals surface area contributed by atoms with Gasteiger partial charge in [-0.3, -0.25) is 9.55 Å². The first-order chi connectivity index (χ1) is 9.20. The molecule has 3 heteroatoms. The van der Waals surface area contributed by atoms with Crippen molar-refractivity contribution in [3.05, 3.63) is 53.6 Å². The molecule has 3 rings (SSSR count). The maximum absolute atomic E-state index is 4.75. The number of hydrogen-bond acceptors (Lipinski definition) is 2. The Bertz CT molecular complexity index is 727. The molecule has 0 unspecified atom stereocenters. The summed E-state index contributed by atoms with van der Waals surface area (Å²) in [5, 5.41) is 0. The first-order valence-corrected chi connectivity index (χ1v) is 6.61. The second kappa shape index (κ2) is 4.50. The second-order valence-corrected chi connectivity index (χ2v) is 4.77. The summed E-state index contributed by atoms with van der Waals surface area (Å²) in [4.78, 5) is 9.26. The van der Waals surface area contributed by atoms with Crippen LogP contribution in [0.2, 0.25) is 0 Å². The summed E-state index contributed by atoms with van der Waals surface area (Å²) in [6.07, 6.45) is 0.905. The Morgan fingerprint density at radius 2 is 1.79 bits per heavy atom. The molecule has 0 saturated carbocycles. The third-order valence-corrected chi connectivity index (χ3v) is 3.35. The number of nitrogens with zero attached hydrogens (tertiary/aromatic N) is 3. The summed E-state index contributed by atoms with van der Waals surface area (Å²) in [5.74, 6) is 1.08. The molecule has 0 saturated heterocycles. The van der Waals surface area contributed by atoms with E-state index in [1.807, 2.05) is 19.9 Å². The van der Waals surface area contributed by atoms with Crippen molar-refractivity contribution < 1.29 is 0 Å². The highest BCUT2D eigenvalue weighted by atomic mass is 15.1. The van der Waals surface area contributed by atoms with Crippen molar-refractivity contribution in [3.8, 4) is 5.69 Å². The van der Waals surface area contributed by atoms with Crippen LogP contribution in [0.3, 0.4) is 0 Å². The van der Waals surface area contributed by atoms with Gasteiger partial charge in [0.15, 0.2) is 0 Å². The number of benzene rings is 1. The molecule has 1 aromatic carbocycles. The van der Waals surface area contributed by atoms with Crippen LogP contribution in [0.5, 0.6) is 0 Å². The summed E-state index contributed by atoms with van der Waals surface area (Å²) in [6, 6.07) is 12.5. The Morgan fingerprint density at radius 3 is 2.47 bits per heavy atom. The van der Waals surface area contributed by atoms with Gasteiger partial charge in [0, 0.05) is 17.8 Å². The van der Waals surface area contributed by atoms with Gasteiger partial charge in [0.1, 0.15) is 11.3 Å². The minimum Gasteiger partial charge on any atom is -0.296 e. The van der Waals surface area contributed by atoms with Crippen molar-refractivity contribution in [3.63, 3.8) is 0 Å². The first-order valence-electron chi connectivity index (χ1n) is 6.61. The average molecular weight is 251 g/mol. The number of imidazole rings is 1. The fraction of sp³-hybridized carbons (Fsp3) is 0.250. The van der Waals surface area contributed by atoms with Crippen LogP contribution in [-0.2, 0) is 6.42 Å². The Hall–Kier alpha value is -2.16. The van der Waals surface area contributed by atoms with Gasteiger partial charge in [-0.05, 0) is 32.0 Å². The van der Waals surface area contributed by atoms with E-state index in [2.05, 4.69) is 46.8 Å². The zero-order valence-corrected chi connectivity index (χ0v) is 11.5. The van der Waals surface area contributed by atoms with Crippen LogP contribution >= 0.6 is 0 Å². The molecule has 96 valence electrons. The molecular formula is C16H17N3. The van der Waals surface area contributed by atoms with Gasteiger partial charge in [-0.1, -0.05) is 25.1 Å². The van der Waals surface area contributed by atoms with Crippen molar-refractivity contribution >= 4 is 11.0 Å². The highest BCUT2D eigenvalue weighted by Gasteiger charge is 2.13. The Morgan fingerprint density at radius 1 is 1.05 bits per heavy atom. The second-order valence-electron chi connectivity index (χ2n) is 4.77. The number of pyridine rings is 1. The summed E-state index contributed by atoms with van der Waals surface area (Å²) >= 11 is 0. The van der Waals surface area contributed by atoms with Crippen LogP contribution in [0.4, 0.5) is 0 Å². The summed E-state index contributed by atoms with van der Waals surface area (Å²) < 4.78 is 2.23. The number of aryl methyl sites for hydroxylation is 3. The maximum atomic E-state index is 4.75.